The first kappa shape index (κ1) is 15.8. The monoisotopic (exact) mass is 371 g/mol. The second-order valence-corrected chi connectivity index (χ2v) is 6.56. The third-order valence-corrected chi connectivity index (χ3v) is 4.70. The first-order valence-electron chi connectivity index (χ1n) is 7.73. The molecule has 2 heterocycles. The van der Waals surface area contributed by atoms with Crippen LogP contribution in [-0.2, 0) is 0 Å². The molecule has 0 aromatic carbocycles. The molecule has 1 fully saturated rings. The van der Waals surface area contributed by atoms with Crippen LogP contribution in [0.2, 0.25) is 0 Å². The number of halogens is 1. The molecule has 6 heteroatoms. The number of pyridine rings is 1. The summed E-state index contributed by atoms with van der Waals surface area (Å²) in [5, 5.41) is 16.1. The third-order valence-electron chi connectivity index (χ3n) is 4.06. The second-order valence-electron chi connectivity index (χ2n) is 5.71. The summed E-state index contributed by atoms with van der Waals surface area (Å²) in [4.78, 5) is 9.06. The highest BCUT2D eigenvalue weighted by atomic mass is 79.9. The van der Waals surface area contributed by atoms with Crippen LogP contribution in [0.3, 0.4) is 0 Å². The molecule has 0 bridgehead atoms. The largest absolute Gasteiger partial charge is 0.332 e. The molecular weight excluding hydrogens is 354 g/mol. The van der Waals surface area contributed by atoms with E-state index in [1.807, 2.05) is 25.3 Å². The Hall–Kier alpha value is -2.13. The first-order valence-corrected chi connectivity index (χ1v) is 8.52. The molecule has 3 rings (SSSR count). The van der Waals surface area contributed by atoms with E-state index in [2.05, 4.69) is 37.6 Å². The van der Waals surface area contributed by atoms with E-state index in [0.29, 0.717) is 23.3 Å². The van der Waals surface area contributed by atoms with Crippen molar-refractivity contribution in [2.45, 2.75) is 38.6 Å². The third kappa shape index (κ3) is 3.45. The Bertz CT molecular complexity index is 736. The van der Waals surface area contributed by atoms with Gasteiger partial charge in [0.1, 0.15) is 11.6 Å². The van der Waals surface area contributed by atoms with E-state index in [1.165, 1.54) is 12.8 Å². The predicted molar refractivity (Wildman–Crippen MR) is 94.2 cm³/mol. The smallest absolute Gasteiger partial charge is 0.200 e. The van der Waals surface area contributed by atoms with Gasteiger partial charge < -0.3 is 10.6 Å². The lowest BCUT2D eigenvalue weighted by molar-refractivity contribution is 0.696. The highest BCUT2D eigenvalue weighted by molar-refractivity contribution is 9.10. The molecule has 0 amide bonds. The summed E-state index contributed by atoms with van der Waals surface area (Å²) in [6.07, 6.45) is 8.31. The average molecular weight is 372 g/mol. The van der Waals surface area contributed by atoms with E-state index in [4.69, 9.17) is 4.99 Å². The Morgan fingerprint density at radius 3 is 2.91 bits per heavy atom. The predicted octanol–water partition coefficient (Wildman–Crippen LogP) is 3.47. The van der Waals surface area contributed by atoms with Crippen molar-refractivity contribution in [2.75, 3.05) is 0 Å². The fraction of sp³-hybridized carbons (Fsp3) is 0.353. The van der Waals surface area contributed by atoms with Crippen LogP contribution >= 0.6 is 15.9 Å². The fourth-order valence-electron chi connectivity index (χ4n) is 2.84. The van der Waals surface area contributed by atoms with Gasteiger partial charge in [-0.05, 0) is 53.4 Å². The molecule has 1 saturated carbocycles. The van der Waals surface area contributed by atoms with Gasteiger partial charge in [-0.25, -0.2) is 4.99 Å². The van der Waals surface area contributed by atoms with Gasteiger partial charge in [0.15, 0.2) is 5.96 Å². The van der Waals surface area contributed by atoms with Crippen molar-refractivity contribution in [3.8, 4) is 6.07 Å². The Balaban J connectivity index is 1.98. The molecular formula is C17H18BrN5. The average Bonchev–Trinajstić information content (AvgIpc) is 3.06. The number of nitrogens with one attached hydrogen (secondary N) is 2. The normalized spacial score (nSPS) is 22.1. The molecule has 0 spiro atoms. The van der Waals surface area contributed by atoms with Crippen molar-refractivity contribution in [3.05, 3.63) is 46.0 Å². The van der Waals surface area contributed by atoms with Gasteiger partial charge in [0.2, 0.25) is 0 Å². The van der Waals surface area contributed by atoms with Gasteiger partial charge in [-0.3, -0.25) is 4.98 Å². The minimum absolute atomic E-state index is 0.366. The standard InChI is InChI=1S/C17H18BrN5/c1-11-10-21-17(22-12-5-2-3-6-12)23-15(11)13(9-19)16-14(18)7-4-8-20-16/h4,7-8,10,12H,2-3,5-6H2,1H3,(H2,21,22,23). The van der Waals surface area contributed by atoms with Crippen LogP contribution in [0.1, 0.15) is 38.3 Å². The van der Waals surface area contributed by atoms with E-state index >= 15 is 0 Å². The number of guanidine groups is 1. The van der Waals surface area contributed by atoms with Crippen molar-refractivity contribution in [3.63, 3.8) is 0 Å². The summed E-state index contributed by atoms with van der Waals surface area (Å²) in [5.74, 6) is 0.706. The molecule has 1 aromatic rings. The minimum Gasteiger partial charge on any atom is -0.332 e. The fourth-order valence-corrected chi connectivity index (χ4v) is 3.30. The molecule has 2 aliphatic rings. The van der Waals surface area contributed by atoms with Crippen LogP contribution in [0.15, 0.2) is 45.3 Å². The number of hydrogen-bond acceptors (Lipinski definition) is 3. The Morgan fingerprint density at radius 1 is 1.43 bits per heavy atom. The van der Waals surface area contributed by atoms with Crippen molar-refractivity contribution < 1.29 is 0 Å². The van der Waals surface area contributed by atoms with Crippen molar-refractivity contribution in [2.24, 2.45) is 4.99 Å². The summed E-state index contributed by atoms with van der Waals surface area (Å²) >= 11 is 3.47. The number of hydrogen-bond donors (Lipinski definition) is 2. The molecule has 0 unspecified atom stereocenters. The number of rotatable bonds is 2. The van der Waals surface area contributed by atoms with Crippen LogP contribution in [0, 0.1) is 11.3 Å². The highest BCUT2D eigenvalue weighted by Gasteiger charge is 2.21. The molecule has 2 N–H and O–H groups in total. The highest BCUT2D eigenvalue weighted by Crippen LogP contribution is 2.27. The zero-order valence-corrected chi connectivity index (χ0v) is 14.5. The van der Waals surface area contributed by atoms with E-state index < -0.39 is 0 Å². The number of nitrogens with zero attached hydrogens (tertiary/aromatic N) is 3. The molecule has 1 aromatic heterocycles. The Labute approximate surface area is 144 Å². The SMILES string of the molecule is CC1=CNC(=NC2CCCC2)NC1=C(C#N)c1ncccc1Br. The van der Waals surface area contributed by atoms with Crippen LogP contribution in [0.4, 0.5) is 0 Å². The second kappa shape index (κ2) is 6.97. The van der Waals surface area contributed by atoms with Gasteiger partial charge in [-0.2, -0.15) is 5.26 Å². The lowest BCUT2D eigenvalue weighted by Crippen LogP contribution is -2.39. The van der Waals surface area contributed by atoms with Gasteiger partial charge in [0, 0.05) is 16.9 Å². The number of allylic oxidation sites excluding steroid dienone is 2. The lowest BCUT2D eigenvalue weighted by Gasteiger charge is -2.22. The maximum absolute atomic E-state index is 9.65. The molecule has 0 radical (unpaired) electrons. The molecule has 1 aliphatic heterocycles. The van der Waals surface area contributed by atoms with Crippen molar-refractivity contribution >= 4 is 27.5 Å². The quantitative estimate of drug-likeness (QED) is 0.780. The molecule has 23 heavy (non-hydrogen) atoms. The van der Waals surface area contributed by atoms with Crippen molar-refractivity contribution in [1.29, 1.82) is 5.26 Å². The maximum Gasteiger partial charge on any atom is 0.200 e. The van der Waals surface area contributed by atoms with Gasteiger partial charge in [-0.15, -0.1) is 0 Å². The van der Waals surface area contributed by atoms with E-state index in [0.717, 1.165) is 28.6 Å². The van der Waals surface area contributed by atoms with Gasteiger partial charge >= 0.3 is 0 Å². The van der Waals surface area contributed by atoms with Crippen LogP contribution in [0.25, 0.3) is 5.57 Å². The summed E-state index contributed by atoms with van der Waals surface area (Å²) in [7, 11) is 0. The molecule has 5 nitrogen and oxygen atoms in total. The lowest BCUT2D eigenvalue weighted by atomic mass is 10.1. The van der Waals surface area contributed by atoms with Gasteiger partial charge in [-0.1, -0.05) is 12.8 Å². The Morgan fingerprint density at radius 2 is 2.22 bits per heavy atom. The summed E-state index contributed by atoms with van der Waals surface area (Å²) in [5.41, 5.74) is 2.84. The Kier molecular flexibility index (Phi) is 4.77. The molecule has 1 aliphatic carbocycles. The molecule has 0 atom stereocenters. The van der Waals surface area contributed by atoms with Crippen LogP contribution < -0.4 is 10.6 Å². The van der Waals surface area contributed by atoms with Crippen LogP contribution in [0.5, 0.6) is 0 Å². The number of nitriles is 1. The molecule has 118 valence electrons. The number of aliphatic imine (C=N–C) groups is 1. The topological polar surface area (TPSA) is 73.1 Å². The summed E-state index contributed by atoms with van der Waals surface area (Å²) in [6.45, 7) is 1.95. The zero-order chi connectivity index (χ0) is 16.2. The summed E-state index contributed by atoms with van der Waals surface area (Å²) < 4.78 is 0.798. The maximum atomic E-state index is 9.65. The summed E-state index contributed by atoms with van der Waals surface area (Å²) in [6, 6.07) is 6.36. The minimum atomic E-state index is 0.366. The first-order chi connectivity index (χ1) is 11.2. The zero-order valence-electron chi connectivity index (χ0n) is 12.9. The van der Waals surface area contributed by atoms with E-state index in [1.54, 1.807) is 6.20 Å². The number of aromatic nitrogens is 1. The van der Waals surface area contributed by atoms with Crippen molar-refractivity contribution in [1.82, 2.24) is 15.6 Å². The van der Waals surface area contributed by atoms with E-state index in [9.17, 15) is 5.26 Å². The molecule has 0 saturated heterocycles. The van der Waals surface area contributed by atoms with Gasteiger partial charge in [0.25, 0.3) is 0 Å². The van der Waals surface area contributed by atoms with Gasteiger partial charge in [0.05, 0.1) is 17.4 Å². The van der Waals surface area contributed by atoms with E-state index in [-0.39, 0.29) is 0 Å². The van der Waals surface area contributed by atoms with Crippen LogP contribution in [-0.4, -0.2) is 17.0 Å².